The van der Waals surface area contributed by atoms with Gasteiger partial charge in [-0.2, -0.15) is 0 Å². The van der Waals surface area contributed by atoms with Crippen LogP contribution in [0.3, 0.4) is 0 Å². The summed E-state index contributed by atoms with van der Waals surface area (Å²) < 4.78 is 0. The summed E-state index contributed by atoms with van der Waals surface area (Å²) in [6, 6.07) is 9.23. The van der Waals surface area contributed by atoms with E-state index in [-0.39, 0.29) is 0 Å². The van der Waals surface area contributed by atoms with Crippen LogP contribution in [0, 0.1) is 0 Å². The minimum atomic E-state index is -0.501. The van der Waals surface area contributed by atoms with Gasteiger partial charge in [0.1, 0.15) is 0 Å². The zero-order valence-corrected chi connectivity index (χ0v) is 13.3. The summed E-state index contributed by atoms with van der Waals surface area (Å²) in [7, 11) is 0. The number of hydrogen-bond donors (Lipinski definition) is 2. The number of halogens is 4. The third kappa shape index (κ3) is 3.40. The van der Waals surface area contributed by atoms with Crippen LogP contribution in [-0.4, -0.2) is 0 Å². The van der Waals surface area contributed by atoms with Crippen molar-refractivity contribution >= 4 is 46.4 Å². The third-order valence-electron chi connectivity index (χ3n) is 3.03. The van der Waals surface area contributed by atoms with E-state index in [9.17, 15) is 0 Å². The van der Waals surface area contributed by atoms with Crippen LogP contribution in [0.2, 0.25) is 20.1 Å². The summed E-state index contributed by atoms with van der Waals surface area (Å²) >= 11 is 24.0. The van der Waals surface area contributed by atoms with E-state index in [1.807, 2.05) is 0 Å². The van der Waals surface area contributed by atoms with Crippen LogP contribution in [0.15, 0.2) is 36.4 Å². The fourth-order valence-electron chi connectivity index (χ4n) is 1.93. The molecule has 0 aliphatic carbocycles. The molecule has 0 spiro atoms. The van der Waals surface area contributed by atoms with Gasteiger partial charge in [-0.05, 0) is 35.4 Å². The molecule has 0 aliphatic rings. The van der Waals surface area contributed by atoms with Crippen LogP contribution in [0.4, 0.5) is 0 Å². The summed E-state index contributed by atoms with van der Waals surface area (Å²) in [4.78, 5) is 0. The average Bonchev–Trinajstić information content (AvgIpc) is 2.37. The Kier molecular flexibility index (Phi) is 5.19. The zero-order chi connectivity index (χ0) is 14.9. The van der Waals surface area contributed by atoms with Crippen molar-refractivity contribution < 1.29 is 0 Å². The Morgan fingerprint density at radius 1 is 0.650 bits per heavy atom. The largest absolute Gasteiger partial charge is 0.322 e. The molecule has 6 heteroatoms. The summed E-state index contributed by atoms with van der Waals surface area (Å²) in [6.07, 6.45) is 0. The number of nitrogens with two attached hydrogens (primary N) is 2. The predicted octanol–water partition coefficient (Wildman–Crippen LogP) is 5.00. The van der Waals surface area contributed by atoms with Crippen LogP contribution in [-0.2, 0) is 0 Å². The van der Waals surface area contributed by atoms with Gasteiger partial charge in [-0.15, -0.1) is 0 Å². The van der Waals surface area contributed by atoms with Gasteiger partial charge in [0, 0.05) is 20.1 Å². The fraction of sp³-hybridized carbons (Fsp3) is 0.143. The first-order valence-electron chi connectivity index (χ1n) is 5.81. The van der Waals surface area contributed by atoms with E-state index in [1.165, 1.54) is 0 Å². The third-order valence-corrected chi connectivity index (χ3v) is 4.15. The standard InChI is InChI=1S/C14H12Cl4N2/c15-7-1-3-9(11(17)5-7)13(19)14(20)10-4-2-8(16)6-12(10)18/h1-6,13-14H,19-20H2/t13-,14+. The lowest BCUT2D eigenvalue weighted by Gasteiger charge is -2.22. The van der Waals surface area contributed by atoms with E-state index >= 15 is 0 Å². The molecule has 0 fully saturated rings. The molecule has 2 aromatic carbocycles. The molecule has 20 heavy (non-hydrogen) atoms. The highest BCUT2D eigenvalue weighted by Crippen LogP contribution is 2.34. The minimum absolute atomic E-state index is 0.477. The van der Waals surface area contributed by atoms with Crippen LogP contribution in [0.25, 0.3) is 0 Å². The Morgan fingerprint density at radius 2 is 1.00 bits per heavy atom. The summed E-state index contributed by atoms with van der Waals surface area (Å²) in [5.41, 5.74) is 13.8. The smallest absolute Gasteiger partial charge is 0.0506 e. The first-order chi connectivity index (χ1) is 9.40. The van der Waals surface area contributed by atoms with Crippen molar-refractivity contribution in [2.45, 2.75) is 12.1 Å². The molecule has 0 saturated carbocycles. The summed E-state index contributed by atoms with van der Waals surface area (Å²) in [5, 5.41) is 2.05. The van der Waals surface area contributed by atoms with Crippen LogP contribution < -0.4 is 11.5 Å². The Balaban J connectivity index is 2.34. The van der Waals surface area contributed by atoms with Gasteiger partial charge in [0.15, 0.2) is 0 Å². The Labute approximate surface area is 137 Å². The maximum atomic E-state index is 6.18. The molecule has 0 amide bonds. The quantitative estimate of drug-likeness (QED) is 0.819. The summed E-state index contributed by atoms with van der Waals surface area (Å²) in [5.74, 6) is 0. The molecule has 0 unspecified atom stereocenters. The Morgan fingerprint density at radius 3 is 1.30 bits per heavy atom. The molecule has 2 aromatic rings. The lowest BCUT2D eigenvalue weighted by atomic mass is 9.95. The van der Waals surface area contributed by atoms with Gasteiger partial charge in [0.2, 0.25) is 0 Å². The molecule has 0 bridgehead atoms. The molecule has 106 valence electrons. The summed E-state index contributed by atoms with van der Waals surface area (Å²) in [6.45, 7) is 0. The van der Waals surface area contributed by atoms with E-state index in [0.29, 0.717) is 20.1 Å². The second-order valence-corrected chi connectivity index (χ2v) is 6.07. The van der Waals surface area contributed by atoms with Crippen molar-refractivity contribution in [1.29, 1.82) is 0 Å². The molecule has 0 saturated heterocycles. The zero-order valence-electron chi connectivity index (χ0n) is 10.3. The predicted molar refractivity (Wildman–Crippen MR) is 86.8 cm³/mol. The number of rotatable bonds is 3. The average molecular weight is 350 g/mol. The number of hydrogen-bond acceptors (Lipinski definition) is 2. The van der Waals surface area contributed by atoms with Gasteiger partial charge in [-0.25, -0.2) is 0 Å². The lowest BCUT2D eigenvalue weighted by Crippen LogP contribution is -2.27. The molecule has 2 nitrogen and oxygen atoms in total. The van der Waals surface area contributed by atoms with Crippen molar-refractivity contribution in [3.63, 3.8) is 0 Å². The second-order valence-electron chi connectivity index (χ2n) is 4.38. The minimum Gasteiger partial charge on any atom is -0.322 e. The van der Waals surface area contributed by atoms with Crippen LogP contribution in [0.5, 0.6) is 0 Å². The van der Waals surface area contributed by atoms with Gasteiger partial charge in [-0.3, -0.25) is 0 Å². The highest BCUT2D eigenvalue weighted by Gasteiger charge is 2.21. The molecule has 0 heterocycles. The van der Waals surface area contributed by atoms with Crippen molar-refractivity contribution in [2.75, 3.05) is 0 Å². The van der Waals surface area contributed by atoms with E-state index in [4.69, 9.17) is 57.9 Å². The SMILES string of the molecule is N[C@H](c1ccc(Cl)cc1Cl)[C@@H](N)c1ccc(Cl)cc1Cl. The van der Waals surface area contributed by atoms with E-state index in [0.717, 1.165) is 11.1 Å². The number of benzene rings is 2. The monoisotopic (exact) mass is 348 g/mol. The van der Waals surface area contributed by atoms with Crippen molar-refractivity contribution in [2.24, 2.45) is 11.5 Å². The maximum Gasteiger partial charge on any atom is 0.0506 e. The fourth-order valence-corrected chi connectivity index (χ4v) is 3.00. The second kappa shape index (κ2) is 6.52. The van der Waals surface area contributed by atoms with Crippen molar-refractivity contribution in [3.05, 3.63) is 67.6 Å². The highest BCUT2D eigenvalue weighted by atomic mass is 35.5. The van der Waals surface area contributed by atoms with E-state index in [1.54, 1.807) is 36.4 Å². The highest BCUT2D eigenvalue weighted by molar-refractivity contribution is 6.35. The molecule has 2 atom stereocenters. The molecule has 0 aliphatic heterocycles. The molecular weight excluding hydrogens is 338 g/mol. The van der Waals surface area contributed by atoms with E-state index < -0.39 is 12.1 Å². The van der Waals surface area contributed by atoms with Crippen LogP contribution >= 0.6 is 46.4 Å². The van der Waals surface area contributed by atoms with Gasteiger partial charge in [0.25, 0.3) is 0 Å². The first-order valence-corrected chi connectivity index (χ1v) is 7.32. The van der Waals surface area contributed by atoms with E-state index in [2.05, 4.69) is 0 Å². The Bertz CT molecular complexity index is 575. The van der Waals surface area contributed by atoms with Crippen molar-refractivity contribution in [1.82, 2.24) is 0 Å². The van der Waals surface area contributed by atoms with Gasteiger partial charge in [0.05, 0.1) is 12.1 Å². The molecular formula is C14H12Cl4N2. The molecule has 4 N–H and O–H groups in total. The molecule has 0 radical (unpaired) electrons. The van der Waals surface area contributed by atoms with Crippen LogP contribution in [0.1, 0.15) is 23.2 Å². The normalized spacial score (nSPS) is 14.1. The van der Waals surface area contributed by atoms with Crippen molar-refractivity contribution in [3.8, 4) is 0 Å². The van der Waals surface area contributed by atoms with Gasteiger partial charge < -0.3 is 11.5 Å². The maximum absolute atomic E-state index is 6.18. The van der Waals surface area contributed by atoms with Gasteiger partial charge in [-0.1, -0.05) is 58.5 Å². The first kappa shape index (κ1) is 15.9. The van der Waals surface area contributed by atoms with Gasteiger partial charge >= 0.3 is 0 Å². The lowest BCUT2D eigenvalue weighted by molar-refractivity contribution is 0.575. The Hall–Kier alpha value is -0.480. The topological polar surface area (TPSA) is 52.0 Å². The molecule has 2 rings (SSSR count). The molecule has 0 aromatic heterocycles.